The first-order valence-corrected chi connectivity index (χ1v) is 6.98. The minimum absolute atomic E-state index is 0.0445. The zero-order valence-electron chi connectivity index (χ0n) is 9.15. The molecule has 0 radical (unpaired) electrons. The van der Waals surface area contributed by atoms with Crippen LogP contribution >= 0.6 is 39.3 Å². The summed E-state index contributed by atoms with van der Waals surface area (Å²) < 4.78 is 0.800. The molecule has 0 aliphatic carbocycles. The van der Waals surface area contributed by atoms with Gasteiger partial charge in [0.1, 0.15) is 10.9 Å². The van der Waals surface area contributed by atoms with Gasteiger partial charge in [0.05, 0.1) is 5.02 Å². The molecular formula is C12H9BrClN3S. The third-order valence-electron chi connectivity index (χ3n) is 2.15. The molecule has 0 fully saturated rings. The molecule has 2 aromatic rings. The van der Waals surface area contributed by atoms with Crippen molar-refractivity contribution >= 4 is 45.1 Å². The summed E-state index contributed by atoms with van der Waals surface area (Å²) in [6.07, 6.45) is 1.61. The third kappa shape index (κ3) is 3.25. The van der Waals surface area contributed by atoms with Gasteiger partial charge in [-0.25, -0.2) is 4.98 Å². The molecule has 0 bridgehead atoms. The van der Waals surface area contributed by atoms with Crippen LogP contribution in [0, 0.1) is 5.41 Å². The first kappa shape index (κ1) is 13.4. The standard InChI is InChI=1S/C12H9BrClN3S/c13-10-5-8(2-3-9(10)12(15)16)18-11-4-1-7(14)6-17-11/h1-6H,(H3,15,16). The average Bonchev–Trinajstić information content (AvgIpc) is 2.32. The quantitative estimate of drug-likeness (QED) is 0.656. The van der Waals surface area contributed by atoms with Crippen LogP contribution in [0.25, 0.3) is 0 Å². The van der Waals surface area contributed by atoms with Crippen molar-refractivity contribution in [3.05, 3.63) is 51.6 Å². The molecule has 1 heterocycles. The Hall–Kier alpha value is -1.04. The van der Waals surface area contributed by atoms with E-state index in [1.807, 2.05) is 24.3 Å². The maximum absolute atomic E-state index is 7.41. The molecule has 3 N–H and O–H groups in total. The van der Waals surface area contributed by atoms with E-state index in [4.69, 9.17) is 22.7 Å². The molecule has 0 saturated heterocycles. The van der Waals surface area contributed by atoms with Crippen LogP contribution in [0.3, 0.4) is 0 Å². The van der Waals surface area contributed by atoms with Gasteiger partial charge in [0.15, 0.2) is 0 Å². The highest BCUT2D eigenvalue weighted by Crippen LogP contribution is 2.30. The first-order chi connectivity index (χ1) is 8.56. The Kier molecular flexibility index (Phi) is 4.27. The molecule has 18 heavy (non-hydrogen) atoms. The van der Waals surface area contributed by atoms with Crippen molar-refractivity contribution in [2.75, 3.05) is 0 Å². The van der Waals surface area contributed by atoms with Crippen LogP contribution in [0.5, 0.6) is 0 Å². The van der Waals surface area contributed by atoms with E-state index in [1.54, 1.807) is 12.3 Å². The minimum atomic E-state index is 0.0445. The van der Waals surface area contributed by atoms with Crippen LogP contribution in [0.15, 0.2) is 50.9 Å². The van der Waals surface area contributed by atoms with E-state index in [1.165, 1.54) is 11.8 Å². The maximum Gasteiger partial charge on any atom is 0.123 e. The second kappa shape index (κ2) is 5.73. The highest BCUT2D eigenvalue weighted by molar-refractivity contribution is 9.10. The second-order valence-corrected chi connectivity index (χ2v) is 5.86. The van der Waals surface area contributed by atoms with Crippen LogP contribution in [-0.2, 0) is 0 Å². The Bertz CT molecular complexity index is 586. The number of amidine groups is 1. The first-order valence-electron chi connectivity index (χ1n) is 4.99. The van der Waals surface area contributed by atoms with Gasteiger partial charge in [-0.15, -0.1) is 0 Å². The molecule has 2 rings (SSSR count). The molecule has 0 aliphatic heterocycles. The van der Waals surface area contributed by atoms with E-state index in [-0.39, 0.29) is 5.84 Å². The lowest BCUT2D eigenvalue weighted by Crippen LogP contribution is -2.11. The molecule has 0 saturated carbocycles. The molecule has 92 valence electrons. The molecule has 0 amide bonds. The number of rotatable bonds is 3. The van der Waals surface area contributed by atoms with E-state index in [0.29, 0.717) is 10.6 Å². The molecule has 3 nitrogen and oxygen atoms in total. The van der Waals surface area contributed by atoms with Gasteiger partial charge in [-0.05, 0) is 46.3 Å². The van der Waals surface area contributed by atoms with Gasteiger partial charge < -0.3 is 5.73 Å². The van der Waals surface area contributed by atoms with Gasteiger partial charge in [0, 0.05) is 21.1 Å². The lowest BCUT2D eigenvalue weighted by Gasteiger charge is -2.05. The number of nitrogen functional groups attached to an aromatic ring is 1. The Morgan fingerprint density at radius 2 is 2.11 bits per heavy atom. The fourth-order valence-corrected chi connectivity index (χ4v) is 2.97. The smallest absolute Gasteiger partial charge is 0.123 e. The van der Waals surface area contributed by atoms with Crippen LogP contribution in [-0.4, -0.2) is 10.8 Å². The van der Waals surface area contributed by atoms with E-state index < -0.39 is 0 Å². The Balaban J connectivity index is 2.22. The van der Waals surface area contributed by atoms with E-state index >= 15 is 0 Å². The Morgan fingerprint density at radius 3 is 2.67 bits per heavy atom. The lowest BCUT2D eigenvalue weighted by molar-refractivity contribution is 1.13. The van der Waals surface area contributed by atoms with Gasteiger partial charge in [-0.2, -0.15) is 0 Å². The lowest BCUT2D eigenvalue weighted by atomic mass is 10.2. The number of nitrogens with two attached hydrogens (primary N) is 1. The predicted octanol–water partition coefficient (Wildman–Crippen LogP) is 3.93. The molecule has 0 unspecified atom stereocenters. The summed E-state index contributed by atoms with van der Waals surface area (Å²) in [5.41, 5.74) is 6.14. The topological polar surface area (TPSA) is 62.8 Å². The van der Waals surface area contributed by atoms with Crippen molar-refractivity contribution in [3.8, 4) is 0 Å². The van der Waals surface area contributed by atoms with E-state index in [0.717, 1.165) is 14.4 Å². The van der Waals surface area contributed by atoms with Gasteiger partial charge in [-0.3, -0.25) is 5.41 Å². The SMILES string of the molecule is N=C(N)c1ccc(Sc2ccc(Cl)cn2)cc1Br. The van der Waals surface area contributed by atoms with Gasteiger partial charge >= 0.3 is 0 Å². The summed E-state index contributed by atoms with van der Waals surface area (Å²) in [7, 11) is 0. The fourth-order valence-electron chi connectivity index (χ4n) is 1.32. The zero-order chi connectivity index (χ0) is 13.1. The van der Waals surface area contributed by atoms with Gasteiger partial charge in [0.2, 0.25) is 0 Å². The van der Waals surface area contributed by atoms with Gasteiger partial charge in [-0.1, -0.05) is 23.4 Å². The summed E-state index contributed by atoms with van der Waals surface area (Å²) >= 11 is 10.7. The van der Waals surface area contributed by atoms with Gasteiger partial charge in [0.25, 0.3) is 0 Å². The van der Waals surface area contributed by atoms with E-state index in [9.17, 15) is 0 Å². The molecule has 0 aliphatic rings. The second-order valence-electron chi connectivity index (χ2n) is 3.47. The molecule has 6 heteroatoms. The summed E-state index contributed by atoms with van der Waals surface area (Å²) in [4.78, 5) is 5.22. The molecule has 0 atom stereocenters. The van der Waals surface area contributed by atoms with Crippen molar-refractivity contribution in [2.24, 2.45) is 5.73 Å². The third-order valence-corrected chi connectivity index (χ3v) is 3.97. The predicted molar refractivity (Wildman–Crippen MR) is 78.5 cm³/mol. The minimum Gasteiger partial charge on any atom is -0.384 e. The highest BCUT2D eigenvalue weighted by atomic mass is 79.9. The summed E-state index contributed by atoms with van der Waals surface area (Å²) in [5, 5.41) is 8.89. The van der Waals surface area contributed by atoms with Crippen molar-refractivity contribution in [3.63, 3.8) is 0 Å². The number of nitrogens with one attached hydrogen (secondary N) is 1. The maximum atomic E-state index is 7.41. The summed E-state index contributed by atoms with van der Waals surface area (Å²) in [6.45, 7) is 0. The average molecular weight is 343 g/mol. The number of benzene rings is 1. The number of hydrogen-bond acceptors (Lipinski definition) is 3. The molecule has 1 aromatic carbocycles. The normalized spacial score (nSPS) is 10.3. The monoisotopic (exact) mass is 341 g/mol. The fraction of sp³-hybridized carbons (Fsp3) is 0. The number of aromatic nitrogens is 1. The number of pyridine rings is 1. The van der Waals surface area contributed by atoms with Crippen LogP contribution in [0.1, 0.15) is 5.56 Å². The number of hydrogen-bond donors (Lipinski definition) is 2. The molecular weight excluding hydrogens is 334 g/mol. The zero-order valence-corrected chi connectivity index (χ0v) is 12.3. The molecule has 1 aromatic heterocycles. The van der Waals surface area contributed by atoms with Crippen molar-refractivity contribution < 1.29 is 0 Å². The van der Waals surface area contributed by atoms with Crippen LogP contribution in [0.4, 0.5) is 0 Å². The van der Waals surface area contributed by atoms with E-state index in [2.05, 4.69) is 20.9 Å². The molecule has 0 spiro atoms. The number of halogens is 2. The van der Waals surface area contributed by atoms with Crippen LogP contribution < -0.4 is 5.73 Å². The Labute approximate surface area is 122 Å². The Morgan fingerprint density at radius 1 is 1.33 bits per heavy atom. The van der Waals surface area contributed by atoms with Crippen molar-refractivity contribution in [2.45, 2.75) is 9.92 Å². The summed E-state index contributed by atoms with van der Waals surface area (Å²) in [5.74, 6) is 0.0445. The summed E-state index contributed by atoms with van der Waals surface area (Å²) in [6, 6.07) is 9.29. The van der Waals surface area contributed by atoms with Crippen LogP contribution in [0.2, 0.25) is 5.02 Å². The largest absolute Gasteiger partial charge is 0.384 e. The highest BCUT2D eigenvalue weighted by Gasteiger charge is 2.05. The number of nitrogens with zero attached hydrogens (tertiary/aromatic N) is 1. The van der Waals surface area contributed by atoms with Crippen molar-refractivity contribution in [1.29, 1.82) is 5.41 Å². The van der Waals surface area contributed by atoms with Crippen molar-refractivity contribution in [1.82, 2.24) is 4.98 Å².